The molecule has 130 valence electrons. The van der Waals surface area contributed by atoms with Crippen LogP contribution >= 0.6 is 22.7 Å². The van der Waals surface area contributed by atoms with E-state index in [2.05, 4.69) is 10.3 Å². The van der Waals surface area contributed by atoms with Gasteiger partial charge in [-0.05, 0) is 38.1 Å². The van der Waals surface area contributed by atoms with Crippen molar-refractivity contribution in [2.75, 3.05) is 12.4 Å². The quantitative estimate of drug-likeness (QED) is 0.743. The van der Waals surface area contributed by atoms with E-state index < -0.39 is 0 Å². The maximum atomic E-state index is 12.2. The molecule has 0 saturated heterocycles. The molecule has 1 amide bonds. The molecule has 0 aliphatic rings. The molecule has 8 heteroatoms. The van der Waals surface area contributed by atoms with E-state index in [4.69, 9.17) is 4.74 Å². The molecular formula is C17H17N3O3S2. The minimum absolute atomic E-state index is 0.00926. The summed E-state index contributed by atoms with van der Waals surface area (Å²) in [5.41, 5.74) is 2.56. The zero-order valence-corrected chi connectivity index (χ0v) is 15.7. The van der Waals surface area contributed by atoms with Gasteiger partial charge in [-0.2, -0.15) is 0 Å². The summed E-state index contributed by atoms with van der Waals surface area (Å²) < 4.78 is 6.61. The molecule has 0 atom stereocenters. The Morgan fingerprint density at radius 2 is 2.00 bits per heavy atom. The molecule has 0 spiro atoms. The van der Waals surface area contributed by atoms with E-state index in [9.17, 15) is 9.59 Å². The molecule has 25 heavy (non-hydrogen) atoms. The summed E-state index contributed by atoms with van der Waals surface area (Å²) in [5.74, 6) is 0.514. The Morgan fingerprint density at radius 3 is 2.60 bits per heavy atom. The van der Waals surface area contributed by atoms with Gasteiger partial charge in [-0.3, -0.25) is 14.2 Å². The van der Waals surface area contributed by atoms with Crippen molar-refractivity contribution in [2.24, 2.45) is 0 Å². The Balaban J connectivity index is 1.75. The normalized spacial score (nSPS) is 10.7. The predicted octanol–water partition coefficient (Wildman–Crippen LogP) is 3.30. The highest BCUT2D eigenvalue weighted by Crippen LogP contribution is 2.31. The first-order chi connectivity index (χ1) is 12.0. The van der Waals surface area contributed by atoms with E-state index in [0.29, 0.717) is 5.13 Å². The number of nitrogens with zero attached hydrogens (tertiary/aromatic N) is 2. The number of rotatable bonds is 5. The number of methoxy groups -OCH3 is 1. The summed E-state index contributed by atoms with van der Waals surface area (Å²) in [6, 6.07) is 7.61. The van der Waals surface area contributed by atoms with Crippen molar-refractivity contribution in [1.29, 1.82) is 0 Å². The van der Waals surface area contributed by atoms with Crippen molar-refractivity contribution < 1.29 is 9.53 Å². The van der Waals surface area contributed by atoms with Gasteiger partial charge in [0, 0.05) is 21.5 Å². The van der Waals surface area contributed by atoms with Gasteiger partial charge < -0.3 is 10.1 Å². The van der Waals surface area contributed by atoms with Crippen molar-refractivity contribution in [1.82, 2.24) is 9.55 Å². The highest BCUT2D eigenvalue weighted by atomic mass is 32.1. The second-order valence-corrected chi connectivity index (χ2v) is 7.45. The molecule has 3 aromatic rings. The van der Waals surface area contributed by atoms with Crippen LogP contribution in [0.4, 0.5) is 5.13 Å². The van der Waals surface area contributed by atoms with Crippen molar-refractivity contribution in [2.45, 2.75) is 20.4 Å². The highest BCUT2D eigenvalue weighted by molar-refractivity contribution is 7.16. The highest BCUT2D eigenvalue weighted by Gasteiger charge is 2.14. The van der Waals surface area contributed by atoms with Gasteiger partial charge >= 0.3 is 4.87 Å². The first kappa shape index (κ1) is 17.4. The zero-order chi connectivity index (χ0) is 18.0. The maximum absolute atomic E-state index is 12.2. The van der Waals surface area contributed by atoms with Crippen LogP contribution in [0.5, 0.6) is 5.75 Å². The third-order valence-corrected chi connectivity index (χ3v) is 5.45. The molecule has 1 N–H and O–H groups in total. The number of carbonyl (C=O) groups excluding carboxylic acids is 1. The van der Waals surface area contributed by atoms with Crippen molar-refractivity contribution in [3.05, 3.63) is 49.9 Å². The average Bonchev–Trinajstić information content (AvgIpc) is 3.11. The molecule has 0 radical (unpaired) electrons. The number of anilines is 1. The number of amides is 1. The van der Waals surface area contributed by atoms with Gasteiger partial charge in [0.05, 0.1) is 12.8 Å². The fourth-order valence-electron chi connectivity index (χ4n) is 2.37. The molecule has 3 rings (SSSR count). The third kappa shape index (κ3) is 3.80. The number of nitrogens with one attached hydrogen (secondary N) is 1. The van der Waals surface area contributed by atoms with Crippen LogP contribution in [-0.2, 0) is 11.3 Å². The summed E-state index contributed by atoms with van der Waals surface area (Å²) in [4.78, 5) is 29.3. The van der Waals surface area contributed by atoms with Gasteiger partial charge in [0.25, 0.3) is 0 Å². The van der Waals surface area contributed by atoms with E-state index >= 15 is 0 Å². The first-order valence-corrected chi connectivity index (χ1v) is 9.24. The molecule has 2 aromatic heterocycles. The smallest absolute Gasteiger partial charge is 0.307 e. The van der Waals surface area contributed by atoms with E-state index in [1.807, 2.05) is 31.2 Å². The Hall–Kier alpha value is -2.45. The summed E-state index contributed by atoms with van der Waals surface area (Å²) >= 11 is 2.50. The SMILES string of the molecule is COc1ccc(-c2nc(NC(=O)Cn3c(C)csc3=O)sc2C)cc1. The fraction of sp³-hybridized carbons (Fsp3) is 0.235. The summed E-state index contributed by atoms with van der Waals surface area (Å²) in [6.45, 7) is 3.76. The Bertz CT molecular complexity index is 954. The molecule has 1 aromatic carbocycles. The number of carbonyl (C=O) groups is 1. The standard InChI is InChI=1S/C17H17N3O3S2/c1-10-9-24-17(22)20(10)8-14(21)18-16-19-15(11(2)25-16)12-4-6-13(23-3)7-5-12/h4-7,9H,8H2,1-3H3,(H,18,19,21). The topological polar surface area (TPSA) is 73.2 Å². The van der Waals surface area contributed by atoms with Crippen LogP contribution in [-0.4, -0.2) is 22.6 Å². The number of hydrogen-bond acceptors (Lipinski definition) is 6. The van der Waals surface area contributed by atoms with Crippen LogP contribution in [0.3, 0.4) is 0 Å². The maximum Gasteiger partial charge on any atom is 0.307 e. The number of benzene rings is 1. The number of aromatic nitrogens is 2. The Labute approximate surface area is 152 Å². The van der Waals surface area contributed by atoms with Gasteiger partial charge in [0.2, 0.25) is 5.91 Å². The van der Waals surface area contributed by atoms with Gasteiger partial charge in [0.1, 0.15) is 12.3 Å². The molecule has 0 fully saturated rings. The minimum Gasteiger partial charge on any atom is -0.497 e. The molecule has 0 aliphatic heterocycles. The second-order valence-electron chi connectivity index (χ2n) is 5.43. The lowest BCUT2D eigenvalue weighted by Crippen LogP contribution is -2.25. The zero-order valence-electron chi connectivity index (χ0n) is 14.0. The van der Waals surface area contributed by atoms with Gasteiger partial charge in [-0.25, -0.2) is 4.98 Å². The molecule has 6 nitrogen and oxygen atoms in total. The number of thiazole rings is 2. The Morgan fingerprint density at radius 1 is 1.28 bits per heavy atom. The van der Waals surface area contributed by atoms with Crippen LogP contribution in [0.2, 0.25) is 0 Å². The van der Waals surface area contributed by atoms with Crippen LogP contribution in [0.1, 0.15) is 10.6 Å². The predicted molar refractivity (Wildman–Crippen MR) is 101 cm³/mol. The van der Waals surface area contributed by atoms with E-state index in [1.54, 1.807) is 19.4 Å². The summed E-state index contributed by atoms with van der Waals surface area (Å²) in [7, 11) is 1.62. The molecule has 0 aliphatic carbocycles. The number of hydrogen-bond donors (Lipinski definition) is 1. The third-order valence-electron chi connectivity index (χ3n) is 3.68. The van der Waals surface area contributed by atoms with E-state index in [0.717, 1.165) is 38.9 Å². The van der Waals surface area contributed by atoms with Gasteiger partial charge in [-0.15, -0.1) is 11.3 Å². The number of ether oxygens (including phenoxy) is 1. The molecule has 0 bridgehead atoms. The first-order valence-electron chi connectivity index (χ1n) is 7.54. The summed E-state index contributed by atoms with van der Waals surface area (Å²) in [5, 5.41) is 5.04. The van der Waals surface area contributed by atoms with E-state index in [-0.39, 0.29) is 17.3 Å². The largest absolute Gasteiger partial charge is 0.497 e. The molecule has 2 heterocycles. The van der Waals surface area contributed by atoms with Crippen molar-refractivity contribution >= 4 is 33.7 Å². The lowest BCUT2D eigenvalue weighted by atomic mass is 10.1. The lowest BCUT2D eigenvalue weighted by molar-refractivity contribution is -0.116. The van der Waals surface area contributed by atoms with Gasteiger partial charge in [-0.1, -0.05) is 11.3 Å². The van der Waals surface area contributed by atoms with E-state index in [1.165, 1.54) is 15.9 Å². The van der Waals surface area contributed by atoms with Crippen molar-refractivity contribution in [3.63, 3.8) is 0 Å². The summed E-state index contributed by atoms with van der Waals surface area (Å²) in [6.07, 6.45) is 0. The monoisotopic (exact) mass is 375 g/mol. The Kier molecular flexibility index (Phi) is 5.00. The molecule has 0 saturated carbocycles. The van der Waals surface area contributed by atoms with Crippen LogP contribution in [0.25, 0.3) is 11.3 Å². The number of aryl methyl sites for hydroxylation is 2. The fourth-order valence-corrected chi connectivity index (χ4v) is 3.95. The molecule has 0 unspecified atom stereocenters. The average molecular weight is 375 g/mol. The van der Waals surface area contributed by atoms with Crippen LogP contribution in [0, 0.1) is 13.8 Å². The lowest BCUT2D eigenvalue weighted by Gasteiger charge is -2.04. The van der Waals surface area contributed by atoms with Crippen LogP contribution < -0.4 is 14.9 Å². The molecular weight excluding hydrogens is 358 g/mol. The second kappa shape index (κ2) is 7.20. The van der Waals surface area contributed by atoms with Crippen LogP contribution in [0.15, 0.2) is 34.4 Å². The van der Waals surface area contributed by atoms with Crippen molar-refractivity contribution in [3.8, 4) is 17.0 Å². The van der Waals surface area contributed by atoms with Gasteiger partial charge in [0.15, 0.2) is 5.13 Å². The minimum atomic E-state index is -0.265.